The highest BCUT2D eigenvalue weighted by atomic mass is 16.5. The van der Waals surface area contributed by atoms with Crippen LogP contribution < -0.4 is 4.74 Å². The third-order valence-electron chi connectivity index (χ3n) is 3.67. The molecule has 0 radical (unpaired) electrons. The van der Waals surface area contributed by atoms with Crippen molar-refractivity contribution in [3.8, 4) is 5.75 Å². The van der Waals surface area contributed by atoms with Gasteiger partial charge in [0.2, 0.25) is 5.78 Å². The molecule has 1 aliphatic carbocycles. The normalized spacial score (nSPS) is 13.1. The molecule has 0 aromatic heterocycles. The Morgan fingerprint density at radius 2 is 1.68 bits per heavy atom. The van der Waals surface area contributed by atoms with Crippen molar-refractivity contribution in [3.05, 3.63) is 70.8 Å². The third kappa shape index (κ3) is 2.09. The SMILES string of the molecule is COC(=O)C1=C(c2ccccc2)c2cc(OC)ccc2C1=O. The van der Waals surface area contributed by atoms with Gasteiger partial charge in [-0.05, 0) is 29.3 Å². The molecule has 0 aliphatic heterocycles. The van der Waals surface area contributed by atoms with Gasteiger partial charge < -0.3 is 9.47 Å². The summed E-state index contributed by atoms with van der Waals surface area (Å²) in [5.41, 5.74) is 2.63. The summed E-state index contributed by atoms with van der Waals surface area (Å²) in [5, 5.41) is 0. The van der Waals surface area contributed by atoms with Crippen LogP contribution in [0, 0.1) is 0 Å². The Morgan fingerprint density at radius 1 is 0.955 bits per heavy atom. The molecule has 110 valence electrons. The quantitative estimate of drug-likeness (QED) is 0.645. The lowest BCUT2D eigenvalue weighted by molar-refractivity contribution is -0.135. The van der Waals surface area contributed by atoms with Crippen LogP contribution in [0.5, 0.6) is 5.75 Å². The molecule has 0 saturated heterocycles. The Labute approximate surface area is 128 Å². The zero-order chi connectivity index (χ0) is 15.7. The molecule has 22 heavy (non-hydrogen) atoms. The molecule has 0 atom stereocenters. The zero-order valence-corrected chi connectivity index (χ0v) is 12.3. The van der Waals surface area contributed by atoms with Gasteiger partial charge in [-0.2, -0.15) is 0 Å². The topological polar surface area (TPSA) is 52.6 Å². The van der Waals surface area contributed by atoms with E-state index in [4.69, 9.17) is 9.47 Å². The summed E-state index contributed by atoms with van der Waals surface area (Å²) in [6.45, 7) is 0. The number of carbonyl (C=O) groups excluding carboxylic acids is 2. The first-order valence-corrected chi connectivity index (χ1v) is 6.78. The first-order valence-electron chi connectivity index (χ1n) is 6.78. The molecule has 2 aromatic carbocycles. The van der Waals surface area contributed by atoms with Crippen molar-refractivity contribution >= 4 is 17.3 Å². The molecule has 1 aliphatic rings. The first-order chi connectivity index (χ1) is 10.7. The monoisotopic (exact) mass is 294 g/mol. The van der Waals surface area contributed by atoms with Crippen molar-refractivity contribution in [1.82, 2.24) is 0 Å². The van der Waals surface area contributed by atoms with Crippen molar-refractivity contribution < 1.29 is 19.1 Å². The van der Waals surface area contributed by atoms with Crippen LogP contribution in [0.15, 0.2) is 54.1 Å². The van der Waals surface area contributed by atoms with Crippen LogP contribution >= 0.6 is 0 Å². The van der Waals surface area contributed by atoms with Gasteiger partial charge in [-0.1, -0.05) is 30.3 Å². The van der Waals surface area contributed by atoms with E-state index in [0.717, 1.165) is 5.56 Å². The molecule has 0 saturated carbocycles. The Balaban J connectivity index is 2.30. The maximum absolute atomic E-state index is 12.6. The molecule has 0 amide bonds. The first kappa shape index (κ1) is 14.1. The summed E-state index contributed by atoms with van der Waals surface area (Å²) in [5.74, 6) is -0.312. The van der Waals surface area contributed by atoms with Crippen LogP contribution in [0.1, 0.15) is 21.5 Å². The summed E-state index contributed by atoms with van der Waals surface area (Å²) < 4.78 is 10.0. The Hall–Kier alpha value is -2.88. The fourth-order valence-corrected chi connectivity index (χ4v) is 2.64. The summed E-state index contributed by atoms with van der Waals surface area (Å²) in [6.07, 6.45) is 0. The smallest absolute Gasteiger partial charge is 0.342 e. The number of rotatable bonds is 3. The molecule has 0 N–H and O–H groups in total. The minimum atomic E-state index is -0.626. The van der Waals surface area contributed by atoms with Crippen LogP contribution in [0.25, 0.3) is 5.57 Å². The van der Waals surface area contributed by atoms with E-state index in [1.165, 1.54) is 7.11 Å². The van der Waals surface area contributed by atoms with Gasteiger partial charge in [0.15, 0.2) is 0 Å². The van der Waals surface area contributed by atoms with Gasteiger partial charge >= 0.3 is 5.97 Å². The van der Waals surface area contributed by atoms with Crippen molar-refractivity contribution in [2.45, 2.75) is 0 Å². The lowest BCUT2D eigenvalue weighted by Crippen LogP contribution is -2.12. The second-order valence-electron chi connectivity index (χ2n) is 4.85. The van der Waals surface area contributed by atoms with E-state index in [9.17, 15) is 9.59 Å². The molecule has 0 unspecified atom stereocenters. The minimum absolute atomic E-state index is 0.0666. The second-order valence-corrected chi connectivity index (χ2v) is 4.85. The molecule has 2 aromatic rings. The Kier molecular flexibility index (Phi) is 3.51. The summed E-state index contributed by atoms with van der Waals surface area (Å²) >= 11 is 0. The summed E-state index contributed by atoms with van der Waals surface area (Å²) in [7, 11) is 2.83. The fraction of sp³-hybridized carbons (Fsp3) is 0.111. The number of Topliss-reactive ketones (excluding diaryl/α,β-unsaturated/α-hetero) is 1. The number of fused-ring (bicyclic) bond motifs is 1. The fourth-order valence-electron chi connectivity index (χ4n) is 2.64. The Bertz CT molecular complexity index is 788. The van der Waals surface area contributed by atoms with Crippen LogP contribution in [0.3, 0.4) is 0 Å². The van der Waals surface area contributed by atoms with E-state index < -0.39 is 5.97 Å². The van der Waals surface area contributed by atoms with Crippen molar-refractivity contribution in [2.75, 3.05) is 14.2 Å². The standard InChI is InChI=1S/C18H14O4/c1-21-12-8-9-13-14(10-12)15(11-6-4-3-5-7-11)16(17(13)19)18(20)22-2/h3-10H,1-2H3. The van der Waals surface area contributed by atoms with E-state index >= 15 is 0 Å². The number of ether oxygens (including phenoxy) is 2. The molecule has 3 rings (SSSR count). The number of hydrogen-bond acceptors (Lipinski definition) is 4. The molecular formula is C18H14O4. The number of carbonyl (C=O) groups is 2. The van der Waals surface area contributed by atoms with Crippen molar-refractivity contribution in [1.29, 1.82) is 0 Å². The molecule has 0 spiro atoms. The van der Waals surface area contributed by atoms with Gasteiger partial charge in [0.05, 0.1) is 14.2 Å². The van der Waals surface area contributed by atoms with Gasteiger partial charge in [-0.3, -0.25) is 4.79 Å². The average Bonchev–Trinajstić information content (AvgIpc) is 2.87. The largest absolute Gasteiger partial charge is 0.497 e. The molecule has 0 bridgehead atoms. The summed E-state index contributed by atoms with van der Waals surface area (Å²) in [4.78, 5) is 24.7. The predicted octanol–water partition coefficient (Wildman–Crippen LogP) is 2.87. The number of benzene rings is 2. The number of ketones is 1. The van der Waals surface area contributed by atoms with Gasteiger partial charge in [-0.15, -0.1) is 0 Å². The molecule has 0 heterocycles. The van der Waals surface area contributed by atoms with E-state index in [1.54, 1.807) is 25.3 Å². The van der Waals surface area contributed by atoms with Crippen LogP contribution in [0.2, 0.25) is 0 Å². The maximum atomic E-state index is 12.6. The minimum Gasteiger partial charge on any atom is -0.497 e. The van der Waals surface area contributed by atoms with Crippen LogP contribution in [-0.2, 0) is 9.53 Å². The number of methoxy groups -OCH3 is 2. The Morgan fingerprint density at radius 3 is 2.32 bits per heavy atom. The molecule has 0 fully saturated rings. The van der Waals surface area contributed by atoms with E-state index in [1.807, 2.05) is 30.3 Å². The van der Waals surface area contributed by atoms with Crippen molar-refractivity contribution in [3.63, 3.8) is 0 Å². The third-order valence-corrected chi connectivity index (χ3v) is 3.67. The highest BCUT2D eigenvalue weighted by Crippen LogP contribution is 2.39. The maximum Gasteiger partial charge on any atom is 0.342 e. The predicted molar refractivity (Wildman–Crippen MR) is 81.8 cm³/mol. The summed E-state index contributed by atoms with van der Waals surface area (Å²) in [6, 6.07) is 14.5. The van der Waals surface area contributed by atoms with E-state index in [-0.39, 0.29) is 11.4 Å². The lowest BCUT2D eigenvalue weighted by atomic mass is 9.97. The second kappa shape index (κ2) is 5.48. The van der Waals surface area contributed by atoms with E-state index in [2.05, 4.69) is 0 Å². The highest BCUT2D eigenvalue weighted by molar-refractivity contribution is 6.35. The average molecular weight is 294 g/mol. The highest BCUT2D eigenvalue weighted by Gasteiger charge is 2.35. The molecule has 4 nitrogen and oxygen atoms in total. The zero-order valence-electron chi connectivity index (χ0n) is 12.3. The molecular weight excluding hydrogens is 280 g/mol. The van der Waals surface area contributed by atoms with Gasteiger partial charge in [0.25, 0.3) is 0 Å². The number of hydrogen-bond donors (Lipinski definition) is 0. The van der Waals surface area contributed by atoms with E-state index in [0.29, 0.717) is 22.4 Å². The van der Waals surface area contributed by atoms with Gasteiger partial charge in [0, 0.05) is 11.1 Å². The van der Waals surface area contributed by atoms with Crippen LogP contribution in [0.4, 0.5) is 0 Å². The lowest BCUT2D eigenvalue weighted by Gasteiger charge is -2.08. The van der Waals surface area contributed by atoms with Gasteiger partial charge in [0.1, 0.15) is 11.3 Å². The molecule has 4 heteroatoms. The number of esters is 1. The van der Waals surface area contributed by atoms with Crippen molar-refractivity contribution in [2.24, 2.45) is 0 Å². The van der Waals surface area contributed by atoms with Crippen LogP contribution in [-0.4, -0.2) is 26.0 Å². The van der Waals surface area contributed by atoms with Gasteiger partial charge in [-0.25, -0.2) is 4.79 Å².